The molecule has 21 heavy (non-hydrogen) atoms. The Labute approximate surface area is 123 Å². The number of nitrogens with two attached hydrogens (primary N) is 1. The SMILES string of the molecule is CCc1nn(C)cc1C(Nc1ccc(OC)cc1)C(N)=O. The summed E-state index contributed by atoms with van der Waals surface area (Å²) in [7, 11) is 3.44. The first-order valence-electron chi connectivity index (χ1n) is 6.77. The summed E-state index contributed by atoms with van der Waals surface area (Å²) >= 11 is 0. The van der Waals surface area contributed by atoms with Crippen LogP contribution in [0.15, 0.2) is 30.5 Å². The van der Waals surface area contributed by atoms with Gasteiger partial charge in [0.05, 0.1) is 12.8 Å². The van der Waals surface area contributed by atoms with Crippen LogP contribution in [0.25, 0.3) is 0 Å². The topological polar surface area (TPSA) is 82.2 Å². The number of rotatable bonds is 6. The number of carbonyl (C=O) groups is 1. The molecular weight excluding hydrogens is 268 g/mol. The third kappa shape index (κ3) is 3.34. The summed E-state index contributed by atoms with van der Waals surface area (Å²) in [5, 5.41) is 7.50. The smallest absolute Gasteiger partial charge is 0.244 e. The highest BCUT2D eigenvalue weighted by atomic mass is 16.5. The second kappa shape index (κ2) is 6.30. The molecule has 1 aromatic carbocycles. The number of nitrogens with one attached hydrogen (secondary N) is 1. The molecule has 0 saturated heterocycles. The van der Waals surface area contributed by atoms with E-state index in [9.17, 15) is 4.79 Å². The van der Waals surface area contributed by atoms with E-state index in [4.69, 9.17) is 10.5 Å². The molecule has 3 N–H and O–H groups in total. The largest absolute Gasteiger partial charge is 0.497 e. The van der Waals surface area contributed by atoms with Crippen molar-refractivity contribution in [1.82, 2.24) is 9.78 Å². The van der Waals surface area contributed by atoms with Crippen LogP contribution in [0.5, 0.6) is 5.75 Å². The zero-order chi connectivity index (χ0) is 15.4. The maximum absolute atomic E-state index is 11.8. The number of hydrogen-bond acceptors (Lipinski definition) is 4. The highest BCUT2D eigenvalue weighted by Gasteiger charge is 2.22. The van der Waals surface area contributed by atoms with Gasteiger partial charge in [0.25, 0.3) is 0 Å². The number of aromatic nitrogens is 2. The molecule has 1 heterocycles. The monoisotopic (exact) mass is 288 g/mol. The summed E-state index contributed by atoms with van der Waals surface area (Å²) in [4.78, 5) is 11.8. The van der Waals surface area contributed by atoms with Crippen LogP contribution in [-0.4, -0.2) is 22.8 Å². The molecule has 1 atom stereocenters. The van der Waals surface area contributed by atoms with Crippen LogP contribution >= 0.6 is 0 Å². The number of nitrogens with zero attached hydrogens (tertiary/aromatic N) is 2. The van der Waals surface area contributed by atoms with Crippen LogP contribution in [0.1, 0.15) is 24.2 Å². The molecule has 2 rings (SSSR count). The molecule has 0 aliphatic carbocycles. The first-order chi connectivity index (χ1) is 10.0. The van der Waals surface area contributed by atoms with Gasteiger partial charge in [-0.1, -0.05) is 6.92 Å². The number of primary amides is 1. The zero-order valence-corrected chi connectivity index (χ0v) is 12.5. The van der Waals surface area contributed by atoms with Crippen molar-refractivity contribution in [2.45, 2.75) is 19.4 Å². The Morgan fingerprint density at radius 2 is 2.10 bits per heavy atom. The average molecular weight is 288 g/mol. The number of carbonyl (C=O) groups excluding carboxylic acids is 1. The third-order valence-corrected chi connectivity index (χ3v) is 3.27. The minimum atomic E-state index is -0.609. The van der Waals surface area contributed by atoms with Crippen molar-refractivity contribution in [1.29, 1.82) is 0 Å². The first-order valence-corrected chi connectivity index (χ1v) is 6.77. The van der Waals surface area contributed by atoms with Crippen LogP contribution in [0.2, 0.25) is 0 Å². The number of aryl methyl sites for hydroxylation is 2. The van der Waals surface area contributed by atoms with Crippen LogP contribution in [0, 0.1) is 0 Å². The summed E-state index contributed by atoms with van der Waals surface area (Å²) in [6.45, 7) is 2.00. The number of hydrogen-bond donors (Lipinski definition) is 2. The van der Waals surface area contributed by atoms with E-state index in [0.29, 0.717) is 0 Å². The molecule has 0 aliphatic rings. The van der Waals surface area contributed by atoms with E-state index in [1.807, 2.05) is 44.4 Å². The summed E-state index contributed by atoms with van der Waals surface area (Å²) < 4.78 is 6.81. The lowest BCUT2D eigenvalue weighted by Gasteiger charge is -2.17. The zero-order valence-electron chi connectivity index (χ0n) is 12.5. The average Bonchev–Trinajstić information content (AvgIpc) is 2.85. The molecule has 0 fully saturated rings. The molecular formula is C15H20N4O2. The molecule has 1 aromatic heterocycles. The lowest BCUT2D eigenvalue weighted by molar-refractivity contribution is -0.118. The standard InChI is InChI=1S/C15H20N4O2/c1-4-13-12(9-19(2)18-13)14(15(16)20)17-10-5-7-11(21-3)8-6-10/h5-9,14,17H,4H2,1-3H3,(H2,16,20). The van der Waals surface area contributed by atoms with Gasteiger partial charge in [-0.2, -0.15) is 5.10 Å². The summed E-state index contributed by atoms with van der Waals surface area (Å²) in [6.07, 6.45) is 2.56. The fourth-order valence-electron chi connectivity index (χ4n) is 2.22. The minimum absolute atomic E-state index is 0.437. The fourth-order valence-corrected chi connectivity index (χ4v) is 2.22. The van der Waals surface area contributed by atoms with E-state index >= 15 is 0 Å². The van der Waals surface area contributed by atoms with Gasteiger partial charge in [-0.25, -0.2) is 0 Å². The Hall–Kier alpha value is -2.50. The molecule has 2 aromatic rings. The molecule has 1 unspecified atom stereocenters. The third-order valence-electron chi connectivity index (χ3n) is 3.27. The molecule has 112 valence electrons. The molecule has 1 amide bonds. The fraction of sp³-hybridized carbons (Fsp3) is 0.333. The normalized spacial score (nSPS) is 12.0. The van der Waals surface area contributed by atoms with Gasteiger partial charge in [0.2, 0.25) is 5.91 Å². The van der Waals surface area contributed by atoms with E-state index in [0.717, 1.165) is 29.1 Å². The second-order valence-corrected chi connectivity index (χ2v) is 4.77. The van der Waals surface area contributed by atoms with Gasteiger partial charge in [0.15, 0.2) is 0 Å². The van der Waals surface area contributed by atoms with Gasteiger partial charge >= 0.3 is 0 Å². The van der Waals surface area contributed by atoms with Crippen molar-refractivity contribution in [2.75, 3.05) is 12.4 Å². The Balaban J connectivity index is 2.28. The number of anilines is 1. The number of methoxy groups -OCH3 is 1. The van der Waals surface area contributed by atoms with Crippen molar-refractivity contribution in [3.63, 3.8) is 0 Å². The Morgan fingerprint density at radius 3 is 2.62 bits per heavy atom. The predicted molar refractivity (Wildman–Crippen MR) is 81.1 cm³/mol. The number of ether oxygens (including phenoxy) is 1. The maximum Gasteiger partial charge on any atom is 0.244 e. The summed E-state index contributed by atoms with van der Waals surface area (Å²) in [6, 6.07) is 6.73. The van der Waals surface area contributed by atoms with Gasteiger partial charge in [-0.05, 0) is 30.7 Å². The van der Waals surface area contributed by atoms with Crippen LogP contribution in [0.4, 0.5) is 5.69 Å². The summed E-state index contributed by atoms with van der Waals surface area (Å²) in [5.74, 6) is 0.320. The molecule has 0 spiro atoms. The van der Waals surface area contributed by atoms with Crippen molar-refractivity contribution >= 4 is 11.6 Å². The Morgan fingerprint density at radius 1 is 1.43 bits per heavy atom. The van der Waals surface area contributed by atoms with Crippen molar-refractivity contribution < 1.29 is 9.53 Å². The predicted octanol–water partition coefficient (Wildman–Crippen LogP) is 1.63. The van der Waals surface area contributed by atoms with Crippen molar-refractivity contribution in [2.24, 2.45) is 12.8 Å². The molecule has 6 nitrogen and oxygen atoms in total. The van der Waals surface area contributed by atoms with Crippen LogP contribution < -0.4 is 15.8 Å². The molecule has 0 bridgehead atoms. The van der Waals surface area contributed by atoms with Gasteiger partial charge in [0, 0.05) is 24.5 Å². The maximum atomic E-state index is 11.8. The van der Waals surface area contributed by atoms with Crippen molar-refractivity contribution in [3.8, 4) is 5.75 Å². The van der Waals surface area contributed by atoms with E-state index in [1.165, 1.54) is 0 Å². The van der Waals surface area contributed by atoms with Gasteiger partial charge < -0.3 is 15.8 Å². The quantitative estimate of drug-likeness (QED) is 0.846. The van der Waals surface area contributed by atoms with E-state index in [-0.39, 0.29) is 0 Å². The highest BCUT2D eigenvalue weighted by molar-refractivity contribution is 5.84. The van der Waals surface area contributed by atoms with Gasteiger partial charge in [0.1, 0.15) is 11.8 Å². The Bertz CT molecular complexity index is 619. The van der Waals surface area contributed by atoms with Gasteiger partial charge in [-0.15, -0.1) is 0 Å². The van der Waals surface area contributed by atoms with Gasteiger partial charge in [-0.3, -0.25) is 9.48 Å². The number of benzene rings is 1. The lowest BCUT2D eigenvalue weighted by atomic mass is 10.1. The van der Waals surface area contributed by atoms with E-state index < -0.39 is 11.9 Å². The molecule has 0 radical (unpaired) electrons. The Kier molecular flexibility index (Phi) is 4.47. The minimum Gasteiger partial charge on any atom is -0.497 e. The van der Waals surface area contributed by atoms with Crippen molar-refractivity contribution in [3.05, 3.63) is 41.7 Å². The molecule has 6 heteroatoms. The lowest BCUT2D eigenvalue weighted by Crippen LogP contribution is -2.28. The molecule has 0 aliphatic heterocycles. The number of amides is 1. The van der Waals surface area contributed by atoms with Crippen LogP contribution in [-0.2, 0) is 18.3 Å². The van der Waals surface area contributed by atoms with Crippen LogP contribution in [0.3, 0.4) is 0 Å². The summed E-state index contributed by atoms with van der Waals surface area (Å²) in [5.41, 5.74) is 8.01. The first kappa shape index (κ1) is 14.9. The van der Waals surface area contributed by atoms with E-state index in [2.05, 4.69) is 10.4 Å². The second-order valence-electron chi connectivity index (χ2n) is 4.77. The highest BCUT2D eigenvalue weighted by Crippen LogP contribution is 2.24. The van der Waals surface area contributed by atoms with E-state index in [1.54, 1.807) is 11.8 Å². The molecule has 0 saturated carbocycles.